The van der Waals surface area contributed by atoms with Crippen molar-refractivity contribution in [1.82, 2.24) is 10.3 Å². The number of carbonyl (C=O) groups excluding carboxylic acids is 1. The SMILES string of the molecule is Cc1cccc(NC(=O)N[C@H]2CCO[C@H]2c2ccccc2)n1. The number of urea groups is 1. The predicted molar refractivity (Wildman–Crippen MR) is 84.7 cm³/mol. The summed E-state index contributed by atoms with van der Waals surface area (Å²) >= 11 is 0. The van der Waals surface area contributed by atoms with Gasteiger partial charge in [-0.15, -0.1) is 0 Å². The molecule has 1 fully saturated rings. The number of benzene rings is 1. The van der Waals surface area contributed by atoms with Crippen LogP contribution < -0.4 is 10.6 Å². The van der Waals surface area contributed by atoms with Gasteiger partial charge in [0.25, 0.3) is 0 Å². The highest BCUT2D eigenvalue weighted by atomic mass is 16.5. The fraction of sp³-hybridized carbons (Fsp3) is 0.294. The Kier molecular flexibility index (Phi) is 4.34. The van der Waals surface area contributed by atoms with Gasteiger partial charge in [-0.1, -0.05) is 36.4 Å². The predicted octanol–water partition coefficient (Wildman–Crippen LogP) is 3.04. The van der Waals surface area contributed by atoms with Gasteiger partial charge in [0, 0.05) is 12.3 Å². The molecule has 2 N–H and O–H groups in total. The summed E-state index contributed by atoms with van der Waals surface area (Å²) in [6.45, 7) is 2.53. The van der Waals surface area contributed by atoms with Crippen LogP contribution in [0, 0.1) is 6.92 Å². The first kappa shape index (κ1) is 14.5. The summed E-state index contributed by atoms with van der Waals surface area (Å²) in [5, 5.41) is 5.75. The number of aryl methyl sites for hydroxylation is 1. The van der Waals surface area contributed by atoms with Crippen molar-refractivity contribution in [3.05, 3.63) is 59.8 Å². The zero-order valence-electron chi connectivity index (χ0n) is 12.5. The highest BCUT2D eigenvalue weighted by Gasteiger charge is 2.30. The molecule has 0 bridgehead atoms. The summed E-state index contributed by atoms with van der Waals surface area (Å²) in [5.41, 5.74) is 1.95. The van der Waals surface area contributed by atoms with Gasteiger partial charge in [0.1, 0.15) is 11.9 Å². The molecule has 2 atom stereocenters. The van der Waals surface area contributed by atoms with Crippen LogP contribution in [0.4, 0.5) is 10.6 Å². The van der Waals surface area contributed by atoms with Crippen LogP contribution in [0.3, 0.4) is 0 Å². The van der Waals surface area contributed by atoms with Gasteiger partial charge in [-0.3, -0.25) is 5.32 Å². The number of nitrogens with zero attached hydrogens (tertiary/aromatic N) is 1. The number of hydrogen-bond donors (Lipinski definition) is 2. The molecule has 0 radical (unpaired) electrons. The van der Waals surface area contributed by atoms with Crippen molar-refractivity contribution in [3.8, 4) is 0 Å². The van der Waals surface area contributed by atoms with Gasteiger partial charge >= 0.3 is 6.03 Å². The summed E-state index contributed by atoms with van der Waals surface area (Å²) in [4.78, 5) is 16.4. The maximum Gasteiger partial charge on any atom is 0.320 e. The second kappa shape index (κ2) is 6.58. The van der Waals surface area contributed by atoms with E-state index in [1.54, 1.807) is 6.07 Å². The number of ether oxygens (including phenoxy) is 1. The third-order valence-corrected chi connectivity index (χ3v) is 3.67. The Balaban J connectivity index is 1.63. The molecule has 1 aliphatic heterocycles. The van der Waals surface area contributed by atoms with Crippen molar-refractivity contribution in [2.45, 2.75) is 25.5 Å². The summed E-state index contributed by atoms with van der Waals surface area (Å²) < 4.78 is 5.76. The van der Waals surface area contributed by atoms with Crippen LogP contribution in [0.25, 0.3) is 0 Å². The fourth-order valence-corrected chi connectivity index (χ4v) is 2.64. The molecule has 1 saturated heterocycles. The molecule has 0 aliphatic carbocycles. The Labute approximate surface area is 129 Å². The molecule has 1 aromatic heterocycles. The Morgan fingerprint density at radius 1 is 1.18 bits per heavy atom. The number of anilines is 1. The fourth-order valence-electron chi connectivity index (χ4n) is 2.64. The summed E-state index contributed by atoms with van der Waals surface area (Å²) in [6.07, 6.45) is 0.700. The third-order valence-electron chi connectivity index (χ3n) is 3.67. The van der Waals surface area contributed by atoms with Crippen LogP contribution >= 0.6 is 0 Å². The summed E-state index contributed by atoms with van der Waals surface area (Å²) in [5.74, 6) is 0.549. The van der Waals surface area contributed by atoms with E-state index >= 15 is 0 Å². The molecule has 2 amide bonds. The van der Waals surface area contributed by atoms with Crippen molar-refractivity contribution in [2.24, 2.45) is 0 Å². The molecule has 1 aliphatic rings. The van der Waals surface area contributed by atoms with Crippen LogP contribution in [-0.2, 0) is 4.74 Å². The van der Waals surface area contributed by atoms with Crippen molar-refractivity contribution >= 4 is 11.8 Å². The molecule has 0 saturated carbocycles. The van der Waals surface area contributed by atoms with Crippen LogP contribution in [-0.4, -0.2) is 23.7 Å². The minimum Gasteiger partial charge on any atom is -0.371 e. The topological polar surface area (TPSA) is 63.2 Å². The molecule has 1 aromatic carbocycles. The molecular formula is C17H19N3O2. The molecule has 5 nitrogen and oxygen atoms in total. The van der Waals surface area contributed by atoms with E-state index < -0.39 is 0 Å². The van der Waals surface area contributed by atoms with Gasteiger partial charge in [-0.25, -0.2) is 9.78 Å². The number of pyridine rings is 1. The van der Waals surface area contributed by atoms with E-state index in [4.69, 9.17) is 4.74 Å². The third kappa shape index (κ3) is 3.43. The lowest BCUT2D eigenvalue weighted by Gasteiger charge is -2.20. The van der Waals surface area contributed by atoms with E-state index in [0.717, 1.165) is 17.7 Å². The Morgan fingerprint density at radius 3 is 2.77 bits per heavy atom. The zero-order chi connectivity index (χ0) is 15.4. The quantitative estimate of drug-likeness (QED) is 0.915. The highest BCUT2D eigenvalue weighted by molar-refractivity contribution is 5.88. The van der Waals surface area contributed by atoms with Gasteiger partial charge in [0.05, 0.1) is 6.04 Å². The van der Waals surface area contributed by atoms with Crippen LogP contribution in [0.5, 0.6) is 0 Å². The summed E-state index contributed by atoms with van der Waals surface area (Å²) in [7, 11) is 0. The lowest BCUT2D eigenvalue weighted by molar-refractivity contribution is 0.100. The van der Waals surface area contributed by atoms with Gasteiger partial charge in [-0.05, 0) is 31.0 Å². The second-order valence-electron chi connectivity index (χ2n) is 5.36. The average Bonchev–Trinajstić information content (AvgIpc) is 2.96. The zero-order valence-corrected chi connectivity index (χ0v) is 12.5. The lowest BCUT2D eigenvalue weighted by atomic mass is 10.0. The lowest BCUT2D eigenvalue weighted by Crippen LogP contribution is -2.39. The highest BCUT2D eigenvalue weighted by Crippen LogP contribution is 2.28. The van der Waals surface area contributed by atoms with Crippen LogP contribution in [0.1, 0.15) is 23.8 Å². The van der Waals surface area contributed by atoms with Crippen LogP contribution in [0.15, 0.2) is 48.5 Å². The molecule has 3 rings (SSSR count). The van der Waals surface area contributed by atoms with E-state index in [1.165, 1.54) is 0 Å². The number of aromatic nitrogens is 1. The Morgan fingerprint density at radius 2 is 2.00 bits per heavy atom. The number of amides is 2. The first-order chi connectivity index (χ1) is 10.7. The minimum absolute atomic E-state index is 0.0350. The van der Waals surface area contributed by atoms with Crippen molar-refractivity contribution in [2.75, 3.05) is 11.9 Å². The number of nitrogens with one attached hydrogen (secondary N) is 2. The van der Waals surface area contributed by atoms with E-state index in [1.807, 2.05) is 49.4 Å². The first-order valence-corrected chi connectivity index (χ1v) is 7.40. The molecule has 2 aromatic rings. The number of rotatable bonds is 3. The molecule has 22 heavy (non-hydrogen) atoms. The molecule has 5 heteroatoms. The minimum atomic E-state index is -0.255. The Bertz CT molecular complexity index is 645. The normalized spacial score (nSPS) is 20.6. The van der Waals surface area contributed by atoms with Gasteiger partial charge in [-0.2, -0.15) is 0 Å². The van der Waals surface area contributed by atoms with E-state index in [2.05, 4.69) is 15.6 Å². The van der Waals surface area contributed by atoms with Crippen LogP contribution in [0.2, 0.25) is 0 Å². The van der Waals surface area contributed by atoms with Crippen molar-refractivity contribution in [1.29, 1.82) is 0 Å². The molecular weight excluding hydrogens is 278 g/mol. The summed E-state index contributed by atoms with van der Waals surface area (Å²) in [6, 6.07) is 15.2. The van der Waals surface area contributed by atoms with E-state index in [-0.39, 0.29) is 18.2 Å². The molecule has 0 unspecified atom stereocenters. The Hall–Kier alpha value is -2.40. The van der Waals surface area contributed by atoms with Gasteiger partial charge in [0.2, 0.25) is 0 Å². The molecule has 0 spiro atoms. The van der Waals surface area contributed by atoms with E-state index in [9.17, 15) is 4.79 Å². The second-order valence-corrected chi connectivity index (χ2v) is 5.36. The standard InChI is InChI=1S/C17H19N3O2/c1-12-6-5-9-15(18-12)20-17(21)19-14-10-11-22-16(14)13-7-3-2-4-8-13/h2-9,14,16H,10-11H2,1H3,(H2,18,19,20,21)/t14-,16-/m0/s1. The smallest absolute Gasteiger partial charge is 0.320 e. The van der Waals surface area contributed by atoms with Crippen molar-refractivity contribution < 1.29 is 9.53 Å². The monoisotopic (exact) mass is 297 g/mol. The number of carbonyl (C=O) groups is 1. The molecule has 114 valence electrons. The first-order valence-electron chi connectivity index (χ1n) is 7.40. The van der Waals surface area contributed by atoms with Gasteiger partial charge in [0.15, 0.2) is 0 Å². The maximum absolute atomic E-state index is 12.1. The van der Waals surface area contributed by atoms with Crippen molar-refractivity contribution in [3.63, 3.8) is 0 Å². The number of hydrogen-bond acceptors (Lipinski definition) is 3. The maximum atomic E-state index is 12.1. The van der Waals surface area contributed by atoms with Gasteiger partial charge < -0.3 is 10.1 Å². The average molecular weight is 297 g/mol. The van der Waals surface area contributed by atoms with E-state index in [0.29, 0.717) is 12.4 Å². The molecule has 2 heterocycles. The largest absolute Gasteiger partial charge is 0.371 e.